The highest BCUT2D eigenvalue weighted by atomic mass is 16.5. The first kappa shape index (κ1) is 14.0. The van der Waals surface area contributed by atoms with Crippen LogP contribution in [0.15, 0.2) is 30.3 Å². The van der Waals surface area contributed by atoms with Crippen molar-refractivity contribution in [2.45, 2.75) is 25.7 Å². The molecule has 1 heterocycles. The molecule has 0 unspecified atom stereocenters. The summed E-state index contributed by atoms with van der Waals surface area (Å²) in [5.41, 5.74) is 3.14. The molecular weight excluding hydrogens is 240 g/mol. The van der Waals surface area contributed by atoms with E-state index in [4.69, 9.17) is 5.21 Å². The molecule has 1 aromatic carbocycles. The van der Waals surface area contributed by atoms with Crippen molar-refractivity contribution < 1.29 is 10.0 Å². The van der Waals surface area contributed by atoms with Gasteiger partial charge in [-0.15, -0.1) is 0 Å². The maximum absolute atomic E-state index is 11.3. The predicted molar refractivity (Wildman–Crippen MR) is 73.9 cm³/mol. The number of carbonyl (C=O) groups is 1. The van der Waals surface area contributed by atoms with Crippen LogP contribution in [-0.2, 0) is 11.2 Å². The third-order valence-corrected chi connectivity index (χ3v) is 3.85. The number of hydroxylamine groups is 1. The number of nitrogens with zero attached hydrogens (tertiary/aromatic N) is 1. The second kappa shape index (κ2) is 7.26. The van der Waals surface area contributed by atoms with Crippen LogP contribution in [0.2, 0.25) is 0 Å². The molecule has 0 aliphatic carbocycles. The molecule has 2 rings (SSSR count). The Balaban J connectivity index is 1.65. The van der Waals surface area contributed by atoms with E-state index in [2.05, 4.69) is 29.2 Å². The van der Waals surface area contributed by atoms with Crippen molar-refractivity contribution in [2.24, 2.45) is 5.92 Å². The van der Waals surface area contributed by atoms with E-state index in [1.165, 1.54) is 5.56 Å². The number of hydrogen-bond acceptors (Lipinski definition) is 3. The monoisotopic (exact) mass is 262 g/mol. The van der Waals surface area contributed by atoms with E-state index in [1.807, 2.05) is 6.07 Å². The fourth-order valence-electron chi connectivity index (χ4n) is 2.66. The van der Waals surface area contributed by atoms with Crippen LogP contribution in [0, 0.1) is 5.92 Å². The van der Waals surface area contributed by atoms with Crippen molar-refractivity contribution in [3.8, 4) is 0 Å². The number of rotatable bonds is 5. The summed E-state index contributed by atoms with van der Waals surface area (Å²) in [6, 6.07) is 10.5. The Kier molecular flexibility index (Phi) is 5.36. The number of nitrogens with one attached hydrogen (secondary N) is 1. The van der Waals surface area contributed by atoms with Crippen LogP contribution >= 0.6 is 0 Å². The lowest BCUT2D eigenvalue weighted by molar-refractivity contribution is -0.134. The normalized spacial score (nSPS) is 17.3. The van der Waals surface area contributed by atoms with Crippen molar-refractivity contribution in [1.82, 2.24) is 10.4 Å². The predicted octanol–water partition coefficient (Wildman–Crippen LogP) is 1.84. The van der Waals surface area contributed by atoms with E-state index in [0.717, 1.165) is 45.3 Å². The van der Waals surface area contributed by atoms with Crippen molar-refractivity contribution in [1.29, 1.82) is 0 Å². The molecule has 4 heteroatoms. The molecule has 104 valence electrons. The van der Waals surface area contributed by atoms with Gasteiger partial charge in [-0.3, -0.25) is 10.0 Å². The van der Waals surface area contributed by atoms with Gasteiger partial charge in [0.05, 0.1) is 0 Å². The largest absolute Gasteiger partial charge is 0.303 e. The number of benzene rings is 1. The first-order valence-electron chi connectivity index (χ1n) is 7.00. The maximum Gasteiger partial charge on any atom is 0.246 e. The highest BCUT2D eigenvalue weighted by molar-refractivity contribution is 5.77. The van der Waals surface area contributed by atoms with Gasteiger partial charge in [0.25, 0.3) is 0 Å². The smallest absolute Gasteiger partial charge is 0.246 e. The van der Waals surface area contributed by atoms with Crippen LogP contribution < -0.4 is 5.48 Å². The molecule has 0 spiro atoms. The highest BCUT2D eigenvalue weighted by Crippen LogP contribution is 2.17. The first-order valence-corrected chi connectivity index (χ1v) is 7.00. The minimum atomic E-state index is -0.232. The third-order valence-electron chi connectivity index (χ3n) is 3.85. The van der Waals surface area contributed by atoms with Crippen molar-refractivity contribution in [2.75, 3.05) is 19.6 Å². The number of hydrogen-bond donors (Lipinski definition) is 2. The number of amides is 1. The van der Waals surface area contributed by atoms with E-state index in [0.29, 0.717) is 0 Å². The summed E-state index contributed by atoms with van der Waals surface area (Å²) in [6.07, 6.45) is 3.95. The zero-order valence-electron chi connectivity index (χ0n) is 11.2. The summed E-state index contributed by atoms with van der Waals surface area (Å²) in [4.78, 5) is 13.7. The summed E-state index contributed by atoms with van der Waals surface area (Å²) in [5.74, 6) is -0.251. The van der Waals surface area contributed by atoms with Gasteiger partial charge in [0.2, 0.25) is 5.91 Å². The maximum atomic E-state index is 11.3. The van der Waals surface area contributed by atoms with Crippen LogP contribution in [0.3, 0.4) is 0 Å². The lowest BCUT2D eigenvalue weighted by atomic mass is 9.96. The summed E-state index contributed by atoms with van der Waals surface area (Å²) < 4.78 is 0. The zero-order valence-corrected chi connectivity index (χ0v) is 11.2. The molecule has 2 N–H and O–H groups in total. The van der Waals surface area contributed by atoms with Gasteiger partial charge < -0.3 is 4.90 Å². The van der Waals surface area contributed by atoms with Gasteiger partial charge in [-0.05, 0) is 50.9 Å². The average Bonchev–Trinajstić information content (AvgIpc) is 2.48. The summed E-state index contributed by atoms with van der Waals surface area (Å²) >= 11 is 0. The average molecular weight is 262 g/mol. The van der Waals surface area contributed by atoms with Crippen LogP contribution in [-0.4, -0.2) is 35.6 Å². The molecule has 1 amide bonds. The van der Waals surface area contributed by atoms with Crippen LogP contribution in [0.4, 0.5) is 0 Å². The van der Waals surface area contributed by atoms with Gasteiger partial charge in [0.1, 0.15) is 0 Å². The molecule has 1 aromatic rings. The van der Waals surface area contributed by atoms with Gasteiger partial charge in [-0.2, -0.15) is 0 Å². The second-order valence-corrected chi connectivity index (χ2v) is 5.18. The molecular formula is C15H22N2O2. The first-order chi connectivity index (χ1) is 9.29. The topological polar surface area (TPSA) is 52.6 Å². The summed E-state index contributed by atoms with van der Waals surface area (Å²) in [5, 5.41) is 8.61. The standard InChI is InChI=1S/C15H22N2O2/c18-15(16-19)14-8-11-17(12-9-14)10-4-7-13-5-2-1-3-6-13/h1-3,5-6,14,19H,4,7-12H2,(H,16,18). The van der Waals surface area contributed by atoms with Gasteiger partial charge in [0, 0.05) is 5.92 Å². The number of carbonyl (C=O) groups excluding carboxylic acids is 1. The molecule has 0 aromatic heterocycles. The summed E-state index contributed by atoms with van der Waals surface area (Å²) in [6.45, 7) is 2.99. The quantitative estimate of drug-likeness (QED) is 0.629. The fraction of sp³-hybridized carbons (Fsp3) is 0.533. The summed E-state index contributed by atoms with van der Waals surface area (Å²) in [7, 11) is 0. The van der Waals surface area contributed by atoms with Gasteiger partial charge in [0.15, 0.2) is 0 Å². The molecule has 4 nitrogen and oxygen atoms in total. The zero-order chi connectivity index (χ0) is 13.5. The Morgan fingerprint density at radius 3 is 2.58 bits per heavy atom. The van der Waals surface area contributed by atoms with Crippen LogP contribution in [0.5, 0.6) is 0 Å². The molecule has 0 radical (unpaired) electrons. The minimum Gasteiger partial charge on any atom is -0.303 e. The van der Waals surface area contributed by atoms with E-state index in [1.54, 1.807) is 5.48 Å². The number of likely N-dealkylation sites (tertiary alicyclic amines) is 1. The Morgan fingerprint density at radius 2 is 1.95 bits per heavy atom. The molecule has 19 heavy (non-hydrogen) atoms. The van der Waals surface area contributed by atoms with E-state index in [-0.39, 0.29) is 11.8 Å². The molecule has 0 atom stereocenters. The van der Waals surface area contributed by atoms with Crippen LogP contribution in [0.25, 0.3) is 0 Å². The van der Waals surface area contributed by atoms with Crippen LogP contribution in [0.1, 0.15) is 24.8 Å². The molecule has 1 aliphatic rings. The molecule has 0 saturated carbocycles. The van der Waals surface area contributed by atoms with Crippen molar-refractivity contribution in [3.63, 3.8) is 0 Å². The molecule has 0 bridgehead atoms. The number of aryl methyl sites for hydroxylation is 1. The third kappa shape index (κ3) is 4.33. The Labute approximate surface area is 114 Å². The van der Waals surface area contributed by atoms with E-state index < -0.39 is 0 Å². The van der Waals surface area contributed by atoms with Gasteiger partial charge in [-0.25, -0.2) is 5.48 Å². The number of piperidine rings is 1. The van der Waals surface area contributed by atoms with Crippen molar-refractivity contribution in [3.05, 3.63) is 35.9 Å². The fourth-order valence-corrected chi connectivity index (χ4v) is 2.66. The Hall–Kier alpha value is -1.39. The lowest BCUT2D eigenvalue weighted by Crippen LogP contribution is -2.40. The molecule has 1 saturated heterocycles. The molecule has 1 fully saturated rings. The minimum absolute atomic E-state index is 0.0182. The Morgan fingerprint density at radius 1 is 1.26 bits per heavy atom. The van der Waals surface area contributed by atoms with Gasteiger partial charge in [-0.1, -0.05) is 30.3 Å². The Bertz CT molecular complexity index is 386. The SMILES string of the molecule is O=C(NO)C1CCN(CCCc2ccccc2)CC1. The van der Waals surface area contributed by atoms with E-state index in [9.17, 15) is 4.79 Å². The van der Waals surface area contributed by atoms with E-state index >= 15 is 0 Å². The lowest BCUT2D eigenvalue weighted by Gasteiger charge is -2.30. The van der Waals surface area contributed by atoms with Gasteiger partial charge >= 0.3 is 0 Å². The van der Waals surface area contributed by atoms with Crippen molar-refractivity contribution >= 4 is 5.91 Å². The highest BCUT2D eigenvalue weighted by Gasteiger charge is 2.24. The molecule has 1 aliphatic heterocycles. The second-order valence-electron chi connectivity index (χ2n) is 5.18.